The van der Waals surface area contributed by atoms with Gasteiger partial charge in [-0.1, -0.05) is 30.3 Å². The zero-order valence-electron chi connectivity index (χ0n) is 15.6. The molecule has 0 aliphatic rings. The fourth-order valence-corrected chi connectivity index (χ4v) is 2.46. The minimum atomic E-state index is -1.09. The number of carbonyl (C=O) groups excluding carboxylic acids is 1. The number of ether oxygens (including phenoxy) is 1. The summed E-state index contributed by atoms with van der Waals surface area (Å²) in [5.41, 5.74) is 3.98. The predicted molar refractivity (Wildman–Crippen MR) is 100 cm³/mol. The Hall–Kier alpha value is -2.66. The monoisotopic (exact) mass is 355 g/mol. The van der Waals surface area contributed by atoms with Crippen molar-refractivity contribution >= 4 is 11.9 Å². The molecule has 0 aliphatic heterocycles. The zero-order valence-corrected chi connectivity index (χ0v) is 15.6. The first-order valence-electron chi connectivity index (χ1n) is 8.59. The lowest BCUT2D eigenvalue weighted by Gasteiger charge is -2.16. The van der Waals surface area contributed by atoms with Gasteiger partial charge in [0.25, 0.3) is 5.91 Å². The lowest BCUT2D eigenvalue weighted by Crippen LogP contribution is -2.33. The van der Waals surface area contributed by atoms with E-state index in [0.717, 1.165) is 16.7 Å². The molecule has 0 saturated carbocycles. The van der Waals surface area contributed by atoms with Gasteiger partial charge < -0.3 is 15.2 Å². The Morgan fingerprint density at radius 1 is 1.04 bits per heavy atom. The summed E-state index contributed by atoms with van der Waals surface area (Å²) in [6.45, 7) is 8.26. The van der Waals surface area contributed by atoms with E-state index in [0.29, 0.717) is 17.7 Å². The molecular weight excluding hydrogens is 330 g/mol. The molecule has 2 N–H and O–H groups in total. The van der Waals surface area contributed by atoms with Crippen molar-refractivity contribution in [2.45, 2.75) is 46.4 Å². The van der Waals surface area contributed by atoms with Gasteiger partial charge in [0, 0.05) is 5.56 Å². The molecule has 0 spiro atoms. The van der Waals surface area contributed by atoms with Crippen molar-refractivity contribution in [3.05, 3.63) is 70.3 Å². The van der Waals surface area contributed by atoms with Gasteiger partial charge in [-0.25, -0.2) is 4.79 Å². The number of benzene rings is 2. The summed E-state index contributed by atoms with van der Waals surface area (Å²) in [5.74, 6) is -1.52. The molecule has 2 rings (SSSR count). The lowest BCUT2D eigenvalue weighted by molar-refractivity contribution is -0.139. The number of aryl methyl sites for hydroxylation is 2. The maximum atomic E-state index is 12.5. The maximum absolute atomic E-state index is 12.5. The van der Waals surface area contributed by atoms with Gasteiger partial charge in [-0.3, -0.25) is 4.79 Å². The molecule has 5 nitrogen and oxygen atoms in total. The third-order valence-corrected chi connectivity index (χ3v) is 4.19. The molecule has 2 aromatic carbocycles. The number of carboxylic acid groups (broad SMARTS) is 1. The van der Waals surface area contributed by atoms with Crippen LogP contribution < -0.4 is 5.32 Å². The Kier molecular flexibility index (Phi) is 6.52. The second-order valence-corrected chi connectivity index (χ2v) is 6.65. The van der Waals surface area contributed by atoms with Gasteiger partial charge in [-0.05, 0) is 62.1 Å². The van der Waals surface area contributed by atoms with Gasteiger partial charge in [0.15, 0.2) is 6.04 Å². The van der Waals surface area contributed by atoms with Crippen molar-refractivity contribution < 1.29 is 19.4 Å². The molecule has 1 amide bonds. The van der Waals surface area contributed by atoms with E-state index in [2.05, 4.69) is 5.32 Å². The van der Waals surface area contributed by atoms with Gasteiger partial charge in [0.2, 0.25) is 0 Å². The van der Waals surface area contributed by atoms with Crippen LogP contribution in [0.15, 0.2) is 42.5 Å². The molecule has 1 unspecified atom stereocenters. The van der Waals surface area contributed by atoms with Crippen molar-refractivity contribution in [2.24, 2.45) is 0 Å². The highest BCUT2D eigenvalue weighted by atomic mass is 16.5. The van der Waals surface area contributed by atoms with E-state index < -0.39 is 17.9 Å². The van der Waals surface area contributed by atoms with Crippen LogP contribution in [0, 0.1) is 13.8 Å². The first-order valence-corrected chi connectivity index (χ1v) is 8.59. The highest BCUT2D eigenvalue weighted by Crippen LogP contribution is 2.18. The largest absolute Gasteiger partial charge is 0.479 e. The van der Waals surface area contributed by atoms with E-state index in [1.165, 1.54) is 0 Å². The fraction of sp³-hybridized carbons (Fsp3) is 0.333. The number of hydrogen-bond donors (Lipinski definition) is 2. The second-order valence-electron chi connectivity index (χ2n) is 6.65. The van der Waals surface area contributed by atoms with E-state index in [4.69, 9.17) is 4.74 Å². The molecule has 1 atom stereocenters. The highest BCUT2D eigenvalue weighted by Gasteiger charge is 2.23. The van der Waals surface area contributed by atoms with Crippen molar-refractivity contribution in [1.82, 2.24) is 5.32 Å². The molecular formula is C21H25NO4. The third kappa shape index (κ3) is 5.17. The molecule has 0 saturated heterocycles. The number of hydrogen-bond acceptors (Lipinski definition) is 3. The molecule has 0 heterocycles. The molecule has 5 heteroatoms. The van der Waals surface area contributed by atoms with Crippen LogP contribution in [0.5, 0.6) is 0 Å². The number of rotatable bonds is 7. The van der Waals surface area contributed by atoms with Gasteiger partial charge in [-0.15, -0.1) is 0 Å². The average molecular weight is 355 g/mol. The lowest BCUT2D eigenvalue weighted by atomic mass is 10.0. The fourth-order valence-electron chi connectivity index (χ4n) is 2.46. The number of carboxylic acids is 1. The van der Waals surface area contributed by atoms with Crippen molar-refractivity contribution in [2.75, 3.05) is 0 Å². The summed E-state index contributed by atoms with van der Waals surface area (Å²) in [4.78, 5) is 24.1. The standard InChI is InChI=1S/C21H25NO4/c1-13(2)26-12-16-6-9-17(10-7-16)20(23)22-19(21(24)25)18-8-5-14(3)15(4)11-18/h5-11,13,19H,12H2,1-4H3,(H,22,23)(H,24,25). The smallest absolute Gasteiger partial charge is 0.330 e. The van der Waals surface area contributed by atoms with Crippen LogP contribution in [-0.2, 0) is 16.1 Å². The Labute approximate surface area is 154 Å². The van der Waals surface area contributed by atoms with Gasteiger partial charge in [0.05, 0.1) is 12.7 Å². The second kappa shape index (κ2) is 8.63. The Morgan fingerprint density at radius 2 is 1.69 bits per heavy atom. The van der Waals surface area contributed by atoms with E-state index >= 15 is 0 Å². The summed E-state index contributed by atoms with van der Waals surface area (Å²) in [6, 6.07) is 11.3. The normalized spacial score (nSPS) is 12.0. The van der Waals surface area contributed by atoms with E-state index in [1.807, 2.05) is 45.9 Å². The summed E-state index contributed by atoms with van der Waals surface area (Å²) in [6.07, 6.45) is 0.132. The van der Waals surface area contributed by atoms with Gasteiger partial charge in [0.1, 0.15) is 0 Å². The third-order valence-electron chi connectivity index (χ3n) is 4.19. The van der Waals surface area contributed by atoms with Crippen LogP contribution in [0.4, 0.5) is 0 Å². The maximum Gasteiger partial charge on any atom is 0.330 e. The SMILES string of the molecule is Cc1ccc(C(NC(=O)c2ccc(COC(C)C)cc2)C(=O)O)cc1C. The number of amides is 1. The molecule has 0 fully saturated rings. The predicted octanol–water partition coefficient (Wildman–Crippen LogP) is 3.78. The average Bonchev–Trinajstić information content (AvgIpc) is 2.60. The minimum absolute atomic E-state index is 0.132. The number of carbonyl (C=O) groups is 2. The molecule has 0 bridgehead atoms. The molecule has 0 aromatic heterocycles. The molecule has 138 valence electrons. The van der Waals surface area contributed by atoms with Gasteiger partial charge >= 0.3 is 5.97 Å². The first-order chi connectivity index (χ1) is 12.3. The van der Waals surface area contributed by atoms with Crippen LogP contribution in [0.2, 0.25) is 0 Å². The number of nitrogens with one attached hydrogen (secondary N) is 1. The minimum Gasteiger partial charge on any atom is -0.479 e. The molecule has 2 aromatic rings. The van der Waals surface area contributed by atoms with Crippen LogP contribution in [0.3, 0.4) is 0 Å². The van der Waals surface area contributed by atoms with E-state index in [1.54, 1.807) is 24.3 Å². The topological polar surface area (TPSA) is 75.6 Å². The molecule has 0 radical (unpaired) electrons. The number of aliphatic carboxylic acids is 1. The highest BCUT2D eigenvalue weighted by molar-refractivity contribution is 5.96. The van der Waals surface area contributed by atoms with Crippen LogP contribution in [0.25, 0.3) is 0 Å². The Morgan fingerprint density at radius 3 is 2.23 bits per heavy atom. The summed E-state index contributed by atoms with van der Waals surface area (Å²) < 4.78 is 5.52. The summed E-state index contributed by atoms with van der Waals surface area (Å²) >= 11 is 0. The molecule has 26 heavy (non-hydrogen) atoms. The zero-order chi connectivity index (χ0) is 19.3. The van der Waals surface area contributed by atoms with Crippen molar-refractivity contribution in [3.63, 3.8) is 0 Å². The quantitative estimate of drug-likeness (QED) is 0.792. The van der Waals surface area contributed by atoms with E-state index in [-0.39, 0.29) is 6.10 Å². The summed E-state index contributed by atoms with van der Waals surface area (Å²) in [7, 11) is 0. The van der Waals surface area contributed by atoms with Crippen molar-refractivity contribution in [3.8, 4) is 0 Å². The Bertz CT molecular complexity index is 781. The van der Waals surface area contributed by atoms with Crippen LogP contribution in [-0.4, -0.2) is 23.1 Å². The molecule has 0 aliphatic carbocycles. The van der Waals surface area contributed by atoms with Crippen LogP contribution >= 0.6 is 0 Å². The Balaban J connectivity index is 2.12. The van der Waals surface area contributed by atoms with E-state index in [9.17, 15) is 14.7 Å². The first kappa shape index (κ1) is 19.7. The van der Waals surface area contributed by atoms with Crippen molar-refractivity contribution in [1.29, 1.82) is 0 Å². The van der Waals surface area contributed by atoms with Gasteiger partial charge in [-0.2, -0.15) is 0 Å². The van der Waals surface area contributed by atoms with Crippen LogP contribution in [0.1, 0.15) is 52.5 Å². The summed E-state index contributed by atoms with van der Waals surface area (Å²) in [5, 5.41) is 12.1.